The van der Waals surface area contributed by atoms with Gasteiger partial charge in [0.1, 0.15) is 5.82 Å². The summed E-state index contributed by atoms with van der Waals surface area (Å²) >= 11 is 0. The molecule has 0 aliphatic heterocycles. The minimum atomic E-state index is 0.148. The van der Waals surface area contributed by atoms with Crippen molar-refractivity contribution in [2.45, 2.75) is 46.0 Å². The van der Waals surface area contributed by atoms with Gasteiger partial charge in [0, 0.05) is 12.5 Å². The van der Waals surface area contributed by atoms with Gasteiger partial charge in [0.05, 0.1) is 11.9 Å². The number of rotatable bonds is 5. The van der Waals surface area contributed by atoms with Crippen molar-refractivity contribution in [2.75, 3.05) is 17.2 Å². The largest absolute Gasteiger partial charge is 0.370 e. The summed E-state index contributed by atoms with van der Waals surface area (Å²) in [5.41, 5.74) is 0.788. The van der Waals surface area contributed by atoms with Crippen LogP contribution in [0.3, 0.4) is 0 Å². The highest BCUT2D eigenvalue weighted by Crippen LogP contribution is 2.24. The van der Waals surface area contributed by atoms with Crippen molar-refractivity contribution in [1.29, 1.82) is 0 Å². The van der Waals surface area contributed by atoms with Crippen molar-refractivity contribution in [2.24, 2.45) is 11.8 Å². The van der Waals surface area contributed by atoms with Crippen LogP contribution in [-0.4, -0.2) is 17.4 Å². The molecule has 1 amide bonds. The van der Waals surface area contributed by atoms with Gasteiger partial charge in [-0.1, -0.05) is 33.1 Å². The maximum Gasteiger partial charge on any atom is 0.227 e. The summed E-state index contributed by atoms with van der Waals surface area (Å²) in [5, 5.41) is 6.24. The van der Waals surface area contributed by atoms with E-state index >= 15 is 0 Å². The van der Waals surface area contributed by atoms with Crippen LogP contribution < -0.4 is 10.6 Å². The van der Waals surface area contributed by atoms with Crippen LogP contribution in [0.15, 0.2) is 18.3 Å². The molecule has 110 valence electrons. The summed E-state index contributed by atoms with van der Waals surface area (Å²) in [4.78, 5) is 16.4. The lowest BCUT2D eigenvalue weighted by Crippen LogP contribution is -2.24. The van der Waals surface area contributed by atoms with E-state index in [9.17, 15) is 4.79 Å². The van der Waals surface area contributed by atoms with Gasteiger partial charge in [0.2, 0.25) is 5.91 Å². The molecule has 2 N–H and O–H groups in total. The molecule has 1 aromatic rings. The standard InChI is InChI=1S/C16H25N3O/c1-12(2)10-17-15-9-8-14(11-18-15)19-16(20)13-6-4-3-5-7-13/h8-9,11-13H,3-7,10H2,1-2H3,(H,17,18)(H,19,20). The zero-order valence-electron chi connectivity index (χ0n) is 12.5. The minimum Gasteiger partial charge on any atom is -0.370 e. The molecule has 1 heterocycles. The fraction of sp³-hybridized carbons (Fsp3) is 0.625. The second-order valence-electron chi connectivity index (χ2n) is 6.03. The van der Waals surface area contributed by atoms with Crippen LogP contribution in [0.25, 0.3) is 0 Å². The molecule has 0 spiro atoms. The minimum absolute atomic E-state index is 0.148. The highest BCUT2D eigenvalue weighted by atomic mass is 16.1. The van der Waals surface area contributed by atoms with Gasteiger partial charge in [0.15, 0.2) is 0 Å². The zero-order valence-corrected chi connectivity index (χ0v) is 12.5. The third-order valence-electron chi connectivity index (χ3n) is 3.70. The summed E-state index contributed by atoms with van der Waals surface area (Å²) in [5.74, 6) is 1.77. The Labute approximate surface area is 121 Å². The fourth-order valence-corrected chi connectivity index (χ4v) is 2.49. The maximum absolute atomic E-state index is 12.1. The van der Waals surface area contributed by atoms with Gasteiger partial charge in [-0.2, -0.15) is 0 Å². The highest BCUT2D eigenvalue weighted by Gasteiger charge is 2.20. The van der Waals surface area contributed by atoms with Gasteiger partial charge in [-0.05, 0) is 30.9 Å². The zero-order chi connectivity index (χ0) is 14.4. The molecule has 1 fully saturated rings. The Kier molecular flexibility index (Phi) is 5.39. The Hall–Kier alpha value is -1.58. The molecule has 1 saturated carbocycles. The highest BCUT2D eigenvalue weighted by molar-refractivity contribution is 5.92. The number of carbonyl (C=O) groups is 1. The van der Waals surface area contributed by atoms with Crippen LogP contribution >= 0.6 is 0 Å². The number of aromatic nitrogens is 1. The molecule has 1 aliphatic carbocycles. The van der Waals surface area contributed by atoms with E-state index < -0.39 is 0 Å². The predicted molar refractivity (Wildman–Crippen MR) is 82.8 cm³/mol. The van der Waals surface area contributed by atoms with Crippen molar-refractivity contribution in [1.82, 2.24) is 4.98 Å². The van der Waals surface area contributed by atoms with Gasteiger partial charge in [-0.25, -0.2) is 4.98 Å². The lowest BCUT2D eigenvalue weighted by Gasteiger charge is -2.20. The third kappa shape index (κ3) is 4.51. The fourth-order valence-electron chi connectivity index (χ4n) is 2.49. The summed E-state index contributed by atoms with van der Waals surface area (Å²) in [6, 6.07) is 3.83. The SMILES string of the molecule is CC(C)CNc1ccc(NC(=O)C2CCCCC2)cn1. The van der Waals surface area contributed by atoms with E-state index in [1.54, 1.807) is 6.20 Å². The average Bonchev–Trinajstić information content (AvgIpc) is 2.47. The van der Waals surface area contributed by atoms with Crippen LogP contribution in [-0.2, 0) is 4.79 Å². The molecule has 0 saturated heterocycles. The second-order valence-corrected chi connectivity index (χ2v) is 6.03. The number of carbonyl (C=O) groups excluding carboxylic acids is 1. The number of pyridine rings is 1. The van der Waals surface area contributed by atoms with E-state index in [1.807, 2.05) is 12.1 Å². The molecular formula is C16H25N3O. The molecule has 0 atom stereocenters. The first-order valence-electron chi connectivity index (χ1n) is 7.66. The molecule has 1 aliphatic rings. The van der Waals surface area contributed by atoms with Crippen molar-refractivity contribution < 1.29 is 4.79 Å². The van der Waals surface area contributed by atoms with Gasteiger partial charge >= 0.3 is 0 Å². The van der Waals surface area contributed by atoms with Crippen LogP contribution in [0.2, 0.25) is 0 Å². The first-order valence-corrected chi connectivity index (χ1v) is 7.66. The van der Waals surface area contributed by atoms with E-state index in [4.69, 9.17) is 0 Å². The van der Waals surface area contributed by atoms with Gasteiger partial charge in [-0.15, -0.1) is 0 Å². The van der Waals surface area contributed by atoms with E-state index in [-0.39, 0.29) is 11.8 Å². The van der Waals surface area contributed by atoms with Crippen molar-refractivity contribution in [3.05, 3.63) is 18.3 Å². The Bertz CT molecular complexity index is 422. The lowest BCUT2D eigenvalue weighted by atomic mass is 9.88. The topological polar surface area (TPSA) is 54.0 Å². The lowest BCUT2D eigenvalue weighted by molar-refractivity contribution is -0.120. The van der Waals surface area contributed by atoms with Gasteiger partial charge < -0.3 is 10.6 Å². The van der Waals surface area contributed by atoms with Gasteiger partial charge in [-0.3, -0.25) is 4.79 Å². The predicted octanol–water partition coefficient (Wildman–Crippen LogP) is 3.67. The Morgan fingerprint density at radius 2 is 2.05 bits per heavy atom. The Morgan fingerprint density at radius 3 is 2.65 bits per heavy atom. The summed E-state index contributed by atoms with van der Waals surface area (Å²) in [6.07, 6.45) is 7.38. The van der Waals surface area contributed by atoms with E-state index in [0.29, 0.717) is 5.92 Å². The maximum atomic E-state index is 12.1. The molecule has 0 unspecified atom stereocenters. The summed E-state index contributed by atoms with van der Waals surface area (Å²) in [6.45, 7) is 5.22. The van der Waals surface area contributed by atoms with Crippen molar-refractivity contribution in [3.8, 4) is 0 Å². The molecule has 4 heteroatoms. The number of anilines is 2. The molecule has 0 bridgehead atoms. The smallest absolute Gasteiger partial charge is 0.227 e. The Balaban J connectivity index is 1.84. The average molecular weight is 275 g/mol. The molecule has 1 aromatic heterocycles. The molecule has 4 nitrogen and oxygen atoms in total. The first kappa shape index (κ1) is 14.8. The quantitative estimate of drug-likeness (QED) is 0.862. The molecular weight excluding hydrogens is 250 g/mol. The van der Waals surface area contributed by atoms with Gasteiger partial charge in [0.25, 0.3) is 0 Å². The monoisotopic (exact) mass is 275 g/mol. The van der Waals surface area contributed by atoms with Crippen LogP contribution in [0.4, 0.5) is 11.5 Å². The van der Waals surface area contributed by atoms with Crippen molar-refractivity contribution in [3.63, 3.8) is 0 Å². The normalized spacial score (nSPS) is 16.1. The third-order valence-corrected chi connectivity index (χ3v) is 3.70. The summed E-state index contributed by atoms with van der Waals surface area (Å²) < 4.78 is 0. The van der Waals surface area contributed by atoms with Crippen molar-refractivity contribution >= 4 is 17.4 Å². The number of hydrogen-bond acceptors (Lipinski definition) is 3. The summed E-state index contributed by atoms with van der Waals surface area (Å²) in [7, 11) is 0. The van der Waals surface area contributed by atoms with Crippen LogP contribution in [0.5, 0.6) is 0 Å². The molecule has 2 rings (SSSR count). The second kappa shape index (κ2) is 7.27. The Morgan fingerprint density at radius 1 is 1.30 bits per heavy atom. The molecule has 0 aromatic carbocycles. The molecule has 0 radical (unpaired) electrons. The van der Waals surface area contributed by atoms with E-state index in [0.717, 1.165) is 30.9 Å². The first-order chi connectivity index (χ1) is 9.65. The van der Waals surface area contributed by atoms with Crippen LogP contribution in [0, 0.1) is 11.8 Å². The van der Waals surface area contributed by atoms with E-state index in [2.05, 4.69) is 29.5 Å². The number of nitrogens with one attached hydrogen (secondary N) is 2. The number of hydrogen-bond donors (Lipinski definition) is 2. The number of amides is 1. The number of nitrogens with zero attached hydrogens (tertiary/aromatic N) is 1. The van der Waals surface area contributed by atoms with E-state index in [1.165, 1.54) is 19.3 Å². The molecule has 20 heavy (non-hydrogen) atoms. The van der Waals surface area contributed by atoms with Crippen LogP contribution in [0.1, 0.15) is 46.0 Å².